The molecule has 1 atom stereocenters. The average Bonchev–Trinajstić information content (AvgIpc) is 3.02. The van der Waals surface area contributed by atoms with Crippen molar-refractivity contribution in [2.45, 2.75) is 6.10 Å². The van der Waals surface area contributed by atoms with E-state index in [1.807, 2.05) is 30.3 Å². The number of carbonyl (C=O) groups is 1. The number of benzene rings is 2. The normalized spacial score (nSPS) is 12.3. The lowest BCUT2D eigenvalue weighted by molar-refractivity contribution is 0.0681. The fourth-order valence-electron chi connectivity index (χ4n) is 2.32. The molecule has 3 rings (SSSR count). The van der Waals surface area contributed by atoms with Gasteiger partial charge in [-0.05, 0) is 23.8 Å². The summed E-state index contributed by atoms with van der Waals surface area (Å²) in [7, 11) is 1.67. The van der Waals surface area contributed by atoms with Gasteiger partial charge in [-0.15, -0.1) is 5.10 Å². The maximum absolute atomic E-state index is 12.4. The van der Waals surface area contributed by atoms with Gasteiger partial charge in [-0.2, -0.15) is 0 Å². The Bertz CT molecular complexity index is 785. The molecule has 2 aromatic carbocycles. The number of nitrogens with zero attached hydrogens (tertiary/aromatic N) is 3. The number of H-pyrrole nitrogens is 1. The number of hydrogen-bond acceptors (Lipinski definition) is 4. The standard InChI is InChI=1S/C16H16N4O2/c1-20(10-15(21)11-5-3-2-4-6-11)16(22)12-7-8-13-14(9-12)18-19-17-13/h2-9,15,21H,10H2,1H3,(H,17,18,19). The van der Waals surface area contributed by atoms with E-state index in [1.54, 1.807) is 25.2 Å². The van der Waals surface area contributed by atoms with Crippen molar-refractivity contribution in [3.05, 3.63) is 59.7 Å². The van der Waals surface area contributed by atoms with E-state index in [-0.39, 0.29) is 12.5 Å². The predicted molar refractivity (Wildman–Crippen MR) is 82.3 cm³/mol. The van der Waals surface area contributed by atoms with Crippen LogP contribution in [-0.4, -0.2) is 44.9 Å². The molecular weight excluding hydrogens is 280 g/mol. The number of rotatable bonds is 4. The quantitative estimate of drug-likeness (QED) is 0.768. The smallest absolute Gasteiger partial charge is 0.253 e. The Hall–Kier alpha value is -2.73. The molecule has 22 heavy (non-hydrogen) atoms. The average molecular weight is 296 g/mol. The van der Waals surface area contributed by atoms with Gasteiger partial charge in [-0.1, -0.05) is 35.5 Å². The second-order valence-corrected chi connectivity index (χ2v) is 5.16. The number of aromatic amines is 1. The van der Waals surface area contributed by atoms with Gasteiger partial charge in [0.15, 0.2) is 0 Å². The van der Waals surface area contributed by atoms with Gasteiger partial charge in [0.05, 0.1) is 18.2 Å². The fraction of sp³-hybridized carbons (Fsp3) is 0.188. The highest BCUT2D eigenvalue weighted by atomic mass is 16.3. The molecule has 0 saturated carbocycles. The Morgan fingerprint density at radius 1 is 1.27 bits per heavy atom. The minimum atomic E-state index is -0.717. The number of nitrogens with one attached hydrogen (secondary N) is 1. The molecule has 0 fully saturated rings. The van der Waals surface area contributed by atoms with Crippen LogP contribution in [0.1, 0.15) is 22.0 Å². The molecule has 1 heterocycles. The van der Waals surface area contributed by atoms with Crippen molar-refractivity contribution in [2.75, 3.05) is 13.6 Å². The number of hydrogen-bond donors (Lipinski definition) is 2. The number of aromatic nitrogens is 3. The van der Waals surface area contributed by atoms with E-state index in [2.05, 4.69) is 15.4 Å². The zero-order chi connectivity index (χ0) is 15.5. The van der Waals surface area contributed by atoms with Gasteiger partial charge in [0.25, 0.3) is 5.91 Å². The van der Waals surface area contributed by atoms with E-state index in [9.17, 15) is 9.90 Å². The summed E-state index contributed by atoms with van der Waals surface area (Å²) < 4.78 is 0. The molecule has 112 valence electrons. The van der Waals surface area contributed by atoms with E-state index in [0.29, 0.717) is 11.1 Å². The molecule has 3 aromatic rings. The number of aliphatic hydroxyl groups excluding tert-OH is 1. The van der Waals surface area contributed by atoms with E-state index in [1.165, 1.54) is 4.90 Å². The largest absolute Gasteiger partial charge is 0.387 e. The molecule has 6 nitrogen and oxygen atoms in total. The Labute approximate surface area is 127 Å². The van der Waals surface area contributed by atoms with E-state index in [4.69, 9.17) is 0 Å². The molecule has 1 unspecified atom stereocenters. The number of aliphatic hydroxyl groups is 1. The Morgan fingerprint density at radius 3 is 2.82 bits per heavy atom. The molecule has 6 heteroatoms. The van der Waals surface area contributed by atoms with Crippen molar-refractivity contribution in [3.63, 3.8) is 0 Å². The zero-order valence-electron chi connectivity index (χ0n) is 12.1. The van der Waals surface area contributed by atoms with Gasteiger partial charge in [-0.3, -0.25) is 9.89 Å². The van der Waals surface area contributed by atoms with Crippen molar-refractivity contribution < 1.29 is 9.90 Å². The summed E-state index contributed by atoms with van der Waals surface area (Å²) in [6.45, 7) is 0.222. The lowest BCUT2D eigenvalue weighted by Crippen LogP contribution is -2.31. The first kappa shape index (κ1) is 14.2. The van der Waals surface area contributed by atoms with Crippen LogP contribution in [0, 0.1) is 0 Å². The molecule has 0 aliphatic heterocycles. The number of fused-ring (bicyclic) bond motifs is 1. The van der Waals surface area contributed by atoms with Crippen LogP contribution in [0.25, 0.3) is 11.0 Å². The first-order chi connectivity index (χ1) is 10.6. The molecule has 0 aliphatic carbocycles. The number of amides is 1. The third kappa shape index (κ3) is 2.82. The van der Waals surface area contributed by atoms with Crippen molar-refractivity contribution in [1.82, 2.24) is 20.3 Å². The second-order valence-electron chi connectivity index (χ2n) is 5.16. The summed E-state index contributed by atoms with van der Waals surface area (Å²) in [5.41, 5.74) is 2.73. The molecule has 1 amide bonds. The Morgan fingerprint density at radius 2 is 2.05 bits per heavy atom. The SMILES string of the molecule is CN(CC(O)c1ccccc1)C(=O)c1ccc2[nH]nnc2c1. The van der Waals surface area contributed by atoms with Gasteiger partial charge in [0, 0.05) is 12.6 Å². The minimum absolute atomic E-state index is 0.167. The summed E-state index contributed by atoms with van der Waals surface area (Å²) in [6.07, 6.45) is -0.717. The van der Waals surface area contributed by atoms with Crippen molar-refractivity contribution in [3.8, 4) is 0 Å². The summed E-state index contributed by atoms with van der Waals surface area (Å²) in [5, 5.41) is 20.5. The van der Waals surface area contributed by atoms with Crippen molar-refractivity contribution in [2.24, 2.45) is 0 Å². The summed E-state index contributed by atoms with van der Waals surface area (Å²) in [6, 6.07) is 14.5. The van der Waals surface area contributed by atoms with Crippen LogP contribution in [0.4, 0.5) is 0 Å². The van der Waals surface area contributed by atoms with Crippen molar-refractivity contribution in [1.29, 1.82) is 0 Å². The molecular formula is C16H16N4O2. The molecule has 2 N–H and O–H groups in total. The Kier molecular flexibility index (Phi) is 3.84. The first-order valence-corrected chi connectivity index (χ1v) is 6.94. The maximum Gasteiger partial charge on any atom is 0.253 e. The highest BCUT2D eigenvalue weighted by Gasteiger charge is 2.17. The fourth-order valence-corrected chi connectivity index (χ4v) is 2.32. The van der Waals surface area contributed by atoms with Crippen LogP contribution in [0.3, 0.4) is 0 Å². The molecule has 0 aliphatic rings. The zero-order valence-corrected chi connectivity index (χ0v) is 12.1. The summed E-state index contributed by atoms with van der Waals surface area (Å²) in [5.74, 6) is -0.167. The lowest BCUT2D eigenvalue weighted by Gasteiger charge is -2.21. The van der Waals surface area contributed by atoms with Gasteiger partial charge >= 0.3 is 0 Å². The van der Waals surface area contributed by atoms with Crippen LogP contribution in [0.5, 0.6) is 0 Å². The summed E-state index contributed by atoms with van der Waals surface area (Å²) >= 11 is 0. The van der Waals surface area contributed by atoms with Crippen LogP contribution >= 0.6 is 0 Å². The maximum atomic E-state index is 12.4. The third-order valence-electron chi connectivity index (χ3n) is 3.55. The molecule has 1 aromatic heterocycles. The van der Waals surface area contributed by atoms with Gasteiger partial charge in [0.2, 0.25) is 0 Å². The van der Waals surface area contributed by atoms with Crippen LogP contribution < -0.4 is 0 Å². The van der Waals surface area contributed by atoms with E-state index >= 15 is 0 Å². The molecule has 0 radical (unpaired) electrons. The summed E-state index contributed by atoms with van der Waals surface area (Å²) in [4.78, 5) is 13.9. The molecule has 0 bridgehead atoms. The second kappa shape index (κ2) is 5.95. The van der Waals surface area contributed by atoms with E-state index < -0.39 is 6.10 Å². The highest BCUT2D eigenvalue weighted by molar-refractivity contribution is 5.97. The van der Waals surface area contributed by atoms with Gasteiger partial charge in [0.1, 0.15) is 5.52 Å². The minimum Gasteiger partial charge on any atom is -0.387 e. The molecule has 0 saturated heterocycles. The number of likely N-dealkylation sites (N-methyl/N-ethyl adjacent to an activating group) is 1. The van der Waals surface area contributed by atoms with Gasteiger partial charge < -0.3 is 10.0 Å². The van der Waals surface area contributed by atoms with E-state index in [0.717, 1.165) is 11.1 Å². The van der Waals surface area contributed by atoms with Crippen LogP contribution in [0.2, 0.25) is 0 Å². The first-order valence-electron chi connectivity index (χ1n) is 6.94. The third-order valence-corrected chi connectivity index (χ3v) is 3.55. The van der Waals surface area contributed by atoms with Crippen LogP contribution in [-0.2, 0) is 0 Å². The van der Waals surface area contributed by atoms with Gasteiger partial charge in [-0.25, -0.2) is 0 Å². The molecule has 0 spiro atoms. The lowest BCUT2D eigenvalue weighted by atomic mass is 10.1. The topological polar surface area (TPSA) is 82.1 Å². The Balaban J connectivity index is 1.73. The monoisotopic (exact) mass is 296 g/mol. The predicted octanol–water partition coefficient (Wildman–Crippen LogP) is 1.76. The number of carbonyl (C=O) groups excluding carboxylic acids is 1. The van der Waals surface area contributed by atoms with Crippen molar-refractivity contribution >= 4 is 16.9 Å². The highest BCUT2D eigenvalue weighted by Crippen LogP contribution is 2.16. The van der Waals surface area contributed by atoms with Crippen LogP contribution in [0.15, 0.2) is 48.5 Å².